The fourth-order valence-electron chi connectivity index (χ4n) is 2.52. The summed E-state index contributed by atoms with van der Waals surface area (Å²) in [5, 5.41) is 5.22. The third-order valence-corrected chi connectivity index (χ3v) is 4.50. The van der Waals surface area contributed by atoms with Gasteiger partial charge in [-0.25, -0.2) is 4.79 Å². The van der Waals surface area contributed by atoms with Crippen molar-refractivity contribution >= 4 is 28.2 Å². The van der Waals surface area contributed by atoms with Crippen molar-refractivity contribution in [2.75, 3.05) is 19.0 Å². The van der Waals surface area contributed by atoms with Gasteiger partial charge in [0, 0.05) is 17.4 Å². The first-order valence-electron chi connectivity index (χ1n) is 8.48. The first-order valence-corrected chi connectivity index (χ1v) is 9.36. The molecule has 0 aliphatic heterocycles. The van der Waals surface area contributed by atoms with Gasteiger partial charge in [-0.3, -0.25) is 4.79 Å². The van der Waals surface area contributed by atoms with Crippen LogP contribution in [0.4, 0.5) is 5.00 Å². The van der Waals surface area contributed by atoms with E-state index < -0.39 is 5.97 Å². The van der Waals surface area contributed by atoms with E-state index in [2.05, 4.69) is 5.32 Å². The Morgan fingerprint density at radius 3 is 2.35 bits per heavy atom. The Morgan fingerprint density at radius 1 is 1.15 bits per heavy atom. The number of hydrogen-bond acceptors (Lipinski definition) is 5. The van der Waals surface area contributed by atoms with Gasteiger partial charge in [-0.1, -0.05) is 32.9 Å². The quantitative estimate of drug-likeness (QED) is 0.724. The van der Waals surface area contributed by atoms with Gasteiger partial charge in [0.2, 0.25) is 5.91 Å². The van der Waals surface area contributed by atoms with E-state index in [1.165, 1.54) is 18.4 Å². The summed E-state index contributed by atoms with van der Waals surface area (Å²) in [5.41, 5.74) is 1.84. The number of carbonyl (C=O) groups excluding carboxylic acids is 2. The molecule has 0 unspecified atom stereocenters. The Bertz CT molecular complexity index is 772. The number of amides is 1. The monoisotopic (exact) mass is 375 g/mol. The minimum absolute atomic E-state index is 0.122. The van der Waals surface area contributed by atoms with E-state index in [-0.39, 0.29) is 11.3 Å². The molecular weight excluding hydrogens is 350 g/mol. The Morgan fingerprint density at radius 2 is 1.81 bits per heavy atom. The van der Waals surface area contributed by atoms with Crippen molar-refractivity contribution in [1.29, 1.82) is 0 Å². The average molecular weight is 375 g/mol. The van der Waals surface area contributed by atoms with Crippen molar-refractivity contribution in [2.45, 2.75) is 34.1 Å². The summed E-state index contributed by atoms with van der Waals surface area (Å²) in [5.74, 6) is 0.175. The standard InChI is InChI=1S/C20H25NO4S/c1-6-25-14-9-7-13(8-10-14)15-12-26-18(17(15)19(23)24-5)21-16(22)11-20(2,3)4/h7-10,12H,6,11H2,1-5H3,(H,21,22). The predicted molar refractivity (Wildman–Crippen MR) is 105 cm³/mol. The second-order valence-electron chi connectivity index (χ2n) is 7.09. The van der Waals surface area contributed by atoms with Crippen LogP contribution in [-0.2, 0) is 9.53 Å². The van der Waals surface area contributed by atoms with E-state index in [1.54, 1.807) is 0 Å². The van der Waals surface area contributed by atoms with E-state index in [1.807, 2.05) is 57.3 Å². The van der Waals surface area contributed by atoms with Gasteiger partial charge in [0.1, 0.15) is 16.3 Å². The number of ether oxygens (including phenoxy) is 2. The molecule has 2 rings (SSSR count). The summed E-state index contributed by atoms with van der Waals surface area (Å²) in [4.78, 5) is 24.6. The average Bonchev–Trinajstić information content (AvgIpc) is 2.96. The highest BCUT2D eigenvalue weighted by Gasteiger charge is 2.24. The highest BCUT2D eigenvalue weighted by atomic mass is 32.1. The Balaban J connectivity index is 2.34. The molecule has 0 bridgehead atoms. The summed E-state index contributed by atoms with van der Waals surface area (Å²) >= 11 is 1.32. The van der Waals surface area contributed by atoms with E-state index in [0.29, 0.717) is 23.6 Å². The Hall–Kier alpha value is -2.34. The molecular formula is C20H25NO4S. The van der Waals surface area contributed by atoms with Crippen molar-refractivity contribution in [1.82, 2.24) is 0 Å². The number of anilines is 1. The maximum absolute atomic E-state index is 12.3. The van der Waals surface area contributed by atoms with E-state index in [4.69, 9.17) is 9.47 Å². The van der Waals surface area contributed by atoms with Crippen LogP contribution >= 0.6 is 11.3 Å². The highest BCUT2D eigenvalue weighted by Crippen LogP contribution is 2.37. The van der Waals surface area contributed by atoms with Gasteiger partial charge in [-0.2, -0.15) is 0 Å². The van der Waals surface area contributed by atoms with E-state index >= 15 is 0 Å². The lowest BCUT2D eigenvalue weighted by molar-refractivity contribution is -0.117. The molecule has 0 aliphatic rings. The summed E-state index contributed by atoms with van der Waals surface area (Å²) in [6.07, 6.45) is 0.365. The zero-order valence-electron chi connectivity index (χ0n) is 15.8. The van der Waals surface area contributed by atoms with Crippen molar-refractivity contribution in [3.8, 4) is 16.9 Å². The number of carbonyl (C=O) groups is 2. The molecule has 140 valence electrons. The van der Waals surface area contributed by atoms with Crippen LogP contribution in [0.1, 0.15) is 44.5 Å². The van der Waals surface area contributed by atoms with Crippen LogP contribution < -0.4 is 10.1 Å². The van der Waals surface area contributed by atoms with Crippen molar-refractivity contribution in [3.05, 3.63) is 35.2 Å². The second-order valence-corrected chi connectivity index (χ2v) is 7.97. The number of thiophene rings is 1. The summed E-state index contributed by atoms with van der Waals surface area (Å²) in [6, 6.07) is 7.49. The van der Waals surface area contributed by atoms with Crippen molar-refractivity contribution in [2.24, 2.45) is 5.41 Å². The van der Waals surface area contributed by atoms with Crippen LogP contribution in [0.3, 0.4) is 0 Å². The normalized spacial score (nSPS) is 11.1. The first-order chi connectivity index (χ1) is 12.2. The molecule has 0 atom stereocenters. The topological polar surface area (TPSA) is 64.6 Å². The molecule has 0 radical (unpaired) electrons. The molecule has 0 saturated heterocycles. The Kier molecular flexibility index (Phi) is 6.42. The minimum atomic E-state index is -0.471. The Labute approximate surface area is 158 Å². The van der Waals surface area contributed by atoms with Crippen LogP contribution in [-0.4, -0.2) is 25.6 Å². The second kappa shape index (κ2) is 8.36. The lowest BCUT2D eigenvalue weighted by Crippen LogP contribution is -2.20. The van der Waals surface area contributed by atoms with Gasteiger partial charge in [-0.15, -0.1) is 11.3 Å². The lowest BCUT2D eigenvalue weighted by atomic mass is 9.92. The number of hydrogen-bond donors (Lipinski definition) is 1. The predicted octanol–water partition coefficient (Wildman–Crippen LogP) is 4.98. The van der Waals surface area contributed by atoms with Crippen molar-refractivity contribution in [3.63, 3.8) is 0 Å². The summed E-state index contributed by atoms with van der Waals surface area (Å²) < 4.78 is 10.4. The molecule has 0 spiro atoms. The molecule has 1 aromatic heterocycles. The van der Waals surface area contributed by atoms with Gasteiger partial charge in [0.25, 0.3) is 0 Å². The van der Waals surface area contributed by atoms with Gasteiger partial charge >= 0.3 is 5.97 Å². The van der Waals surface area contributed by atoms with E-state index in [0.717, 1.165) is 16.9 Å². The smallest absolute Gasteiger partial charge is 0.341 e. The number of nitrogens with one attached hydrogen (secondary N) is 1. The number of rotatable bonds is 6. The molecule has 0 fully saturated rings. The zero-order chi connectivity index (χ0) is 19.3. The number of esters is 1. The largest absolute Gasteiger partial charge is 0.494 e. The van der Waals surface area contributed by atoms with Crippen molar-refractivity contribution < 1.29 is 19.1 Å². The summed E-state index contributed by atoms with van der Waals surface area (Å²) in [6.45, 7) is 8.50. The molecule has 1 aromatic carbocycles. The molecule has 5 nitrogen and oxygen atoms in total. The number of methoxy groups -OCH3 is 1. The fourth-order valence-corrected chi connectivity index (χ4v) is 3.49. The molecule has 1 amide bonds. The maximum Gasteiger partial charge on any atom is 0.341 e. The molecule has 2 aromatic rings. The highest BCUT2D eigenvalue weighted by molar-refractivity contribution is 7.15. The molecule has 1 heterocycles. The minimum Gasteiger partial charge on any atom is -0.494 e. The van der Waals surface area contributed by atoms with E-state index in [9.17, 15) is 9.59 Å². The van der Waals surface area contributed by atoms with Crippen LogP contribution in [0.15, 0.2) is 29.6 Å². The van der Waals surface area contributed by atoms with Gasteiger partial charge in [0.05, 0.1) is 13.7 Å². The van der Waals surface area contributed by atoms with Crippen LogP contribution in [0, 0.1) is 5.41 Å². The third-order valence-electron chi connectivity index (χ3n) is 3.60. The number of benzene rings is 1. The van der Waals surface area contributed by atoms with Gasteiger partial charge in [-0.05, 0) is 30.0 Å². The van der Waals surface area contributed by atoms with Crippen LogP contribution in [0.5, 0.6) is 5.75 Å². The van der Waals surface area contributed by atoms with Crippen LogP contribution in [0.25, 0.3) is 11.1 Å². The summed E-state index contributed by atoms with van der Waals surface area (Å²) in [7, 11) is 1.34. The van der Waals surface area contributed by atoms with Gasteiger partial charge in [0.15, 0.2) is 0 Å². The molecule has 6 heteroatoms. The molecule has 0 aliphatic carbocycles. The SMILES string of the molecule is CCOc1ccc(-c2csc(NC(=O)CC(C)(C)C)c2C(=O)OC)cc1. The molecule has 26 heavy (non-hydrogen) atoms. The van der Waals surface area contributed by atoms with Gasteiger partial charge < -0.3 is 14.8 Å². The van der Waals surface area contributed by atoms with Crippen LogP contribution in [0.2, 0.25) is 0 Å². The third kappa shape index (κ3) is 5.08. The molecule has 0 saturated carbocycles. The molecule has 1 N–H and O–H groups in total. The fraction of sp³-hybridized carbons (Fsp3) is 0.400. The zero-order valence-corrected chi connectivity index (χ0v) is 16.7. The lowest BCUT2D eigenvalue weighted by Gasteiger charge is -2.17. The first kappa shape index (κ1) is 20.0. The maximum atomic E-state index is 12.3.